The Balaban J connectivity index is 0.976. The van der Waals surface area contributed by atoms with E-state index in [9.17, 15) is 9.59 Å². The lowest BCUT2D eigenvalue weighted by molar-refractivity contribution is -0.123. The van der Waals surface area contributed by atoms with Crippen molar-refractivity contribution in [1.29, 1.82) is 0 Å². The molecule has 2 amide bonds. The van der Waals surface area contributed by atoms with Crippen molar-refractivity contribution in [2.75, 3.05) is 11.5 Å². The third-order valence-electron chi connectivity index (χ3n) is 6.68. The fourth-order valence-electron chi connectivity index (χ4n) is 4.18. The summed E-state index contributed by atoms with van der Waals surface area (Å²) in [5.41, 5.74) is 22.0. The summed E-state index contributed by atoms with van der Waals surface area (Å²) < 4.78 is 11.3. The number of carbonyl (C=O) groups is 2. The molecular formula is C30H33N11O4. The molecule has 3 aromatic heterocycles. The number of ether oxygens (including phenoxy) is 2. The minimum atomic E-state index is -0.811. The van der Waals surface area contributed by atoms with Crippen LogP contribution >= 0.6 is 0 Å². The average molecular weight is 612 g/mol. The van der Waals surface area contributed by atoms with E-state index < -0.39 is 6.04 Å². The van der Waals surface area contributed by atoms with E-state index in [0.29, 0.717) is 36.0 Å². The summed E-state index contributed by atoms with van der Waals surface area (Å²) in [6.45, 7) is 1.18. The standard InChI is InChI=1S/C30H33N11O4/c31-22(27(43)36-14-19-3-7-21(8-4-19)16-45-30-34-12-11-23(32)39-30)9-10-24(42)35-13-18-1-5-20(6-2-18)15-44-28-25-26(38-17-37-25)40-29(33)41-28/h1-8,11-12,17,22H,9-10,13-16,31H2,(H,35,42)(H,36,43)(H2,32,34,39)(H3,33,37,38,40,41). The number of H-pyrrole nitrogens is 1. The first-order valence-corrected chi connectivity index (χ1v) is 14.1. The van der Waals surface area contributed by atoms with E-state index >= 15 is 0 Å². The molecule has 232 valence electrons. The lowest BCUT2D eigenvalue weighted by Gasteiger charge is -2.13. The molecule has 2 aromatic carbocycles. The van der Waals surface area contributed by atoms with Gasteiger partial charge in [0.1, 0.15) is 19.0 Å². The summed E-state index contributed by atoms with van der Waals surface area (Å²) in [6, 6.07) is 16.1. The lowest BCUT2D eigenvalue weighted by Crippen LogP contribution is -2.41. The minimum Gasteiger partial charge on any atom is -0.471 e. The molecule has 9 N–H and O–H groups in total. The lowest BCUT2D eigenvalue weighted by atomic mass is 10.1. The number of nitrogens with one attached hydrogen (secondary N) is 3. The molecule has 0 bridgehead atoms. The van der Waals surface area contributed by atoms with E-state index in [2.05, 4.69) is 40.5 Å². The van der Waals surface area contributed by atoms with Gasteiger partial charge in [-0.1, -0.05) is 48.5 Å². The number of nitrogens with zero attached hydrogens (tertiary/aromatic N) is 5. The number of aromatic nitrogens is 6. The van der Waals surface area contributed by atoms with E-state index in [-0.39, 0.29) is 49.8 Å². The number of benzene rings is 2. The Hall–Kier alpha value is -5.83. The fraction of sp³-hybridized carbons (Fsp3) is 0.233. The first-order chi connectivity index (χ1) is 21.8. The molecule has 5 rings (SSSR count). The molecule has 5 aromatic rings. The van der Waals surface area contributed by atoms with Crippen molar-refractivity contribution in [3.05, 3.63) is 89.4 Å². The number of nitrogen functional groups attached to an aromatic ring is 2. The van der Waals surface area contributed by atoms with Crippen molar-refractivity contribution < 1.29 is 19.1 Å². The molecule has 0 fully saturated rings. The predicted octanol–water partition coefficient (Wildman–Crippen LogP) is 1.51. The number of fused-ring (bicyclic) bond motifs is 1. The fourth-order valence-corrected chi connectivity index (χ4v) is 4.18. The maximum atomic E-state index is 12.5. The molecular weight excluding hydrogens is 578 g/mol. The molecule has 0 spiro atoms. The Morgan fingerprint density at radius 1 is 0.800 bits per heavy atom. The smallest absolute Gasteiger partial charge is 0.318 e. The number of hydrogen-bond donors (Lipinski definition) is 6. The Labute approximate surface area is 258 Å². The van der Waals surface area contributed by atoms with Gasteiger partial charge >= 0.3 is 6.01 Å². The molecule has 1 atom stereocenters. The van der Waals surface area contributed by atoms with Gasteiger partial charge in [0.05, 0.1) is 12.4 Å². The summed E-state index contributed by atoms with van der Waals surface area (Å²) in [6.07, 6.45) is 3.36. The second-order valence-electron chi connectivity index (χ2n) is 10.1. The SMILES string of the molecule is Nc1ccnc(OCc2ccc(CNC(=O)C(N)CCC(=O)NCc3ccc(COc4nc(N)nc5[nH]cnc45)cc3)cc2)n1. The van der Waals surface area contributed by atoms with Crippen LogP contribution in [0.25, 0.3) is 11.2 Å². The minimum absolute atomic E-state index is 0.0887. The normalized spacial score (nSPS) is 11.6. The highest BCUT2D eigenvalue weighted by Crippen LogP contribution is 2.21. The number of amides is 2. The number of aromatic amines is 1. The van der Waals surface area contributed by atoms with Crippen molar-refractivity contribution in [1.82, 2.24) is 40.5 Å². The molecule has 0 aliphatic heterocycles. The van der Waals surface area contributed by atoms with Crippen LogP contribution in [0.1, 0.15) is 35.1 Å². The predicted molar refractivity (Wildman–Crippen MR) is 165 cm³/mol. The molecule has 15 heteroatoms. The van der Waals surface area contributed by atoms with Crippen molar-refractivity contribution in [3.63, 3.8) is 0 Å². The van der Waals surface area contributed by atoms with E-state index in [1.165, 1.54) is 12.5 Å². The van der Waals surface area contributed by atoms with Crippen molar-refractivity contribution in [2.24, 2.45) is 5.73 Å². The molecule has 0 aliphatic carbocycles. The highest BCUT2D eigenvalue weighted by Gasteiger charge is 2.15. The number of nitrogens with two attached hydrogens (primary N) is 3. The maximum absolute atomic E-state index is 12.5. The summed E-state index contributed by atoms with van der Waals surface area (Å²) >= 11 is 0. The zero-order valence-electron chi connectivity index (χ0n) is 24.3. The summed E-state index contributed by atoms with van der Waals surface area (Å²) in [5.74, 6) is 0.190. The van der Waals surface area contributed by atoms with Crippen LogP contribution in [0.5, 0.6) is 11.9 Å². The molecule has 1 unspecified atom stereocenters. The van der Waals surface area contributed by atoms with Gasteiger partial charge < -0.3 is 42.3 Å². The van der Waals surface area contributed by atoms with Gasteiger partial charge in [-0.15, -0.1) is 0 Å². The number of carbonyl (C=O) groups excluding carboxylic acids is 2. The quantitative estimate of drug-likeness (QED) is 0.105. The van der Waals surface area contributed by atoms with Crippen LogP contribution in [-0.4, -0.2) is 47.8 Å². The third kappa shape index (κ3) is 8.84. The van der Waals surface area contributed by atoms with Crippen LogP contribution in [0.2, 0.25) is 0 Å². The molecule has 0 aliphatic rings. The number of hydrogen-bond acceptors (Lipinski definition) is 12. The van der Waals surface area contributed by atoms with Crippen LogP contribution in [0.4, 0.5) is 11.8 Å². The molecule has 45 heavy (non-hydrogen) atoms. The highest BCUT2D eigenvalue weighted by atomic mass is 16.5. The van der Waals surface area contributed by atoms with Crippen molar-refractivity contribution in [2.45, 2.75) is 45.2 Å². The van der Waals surface area contributed by atoms with E-state index in [4.69, 9.17) is 26.7 Å². The number of rotatable bonds is 14. The van der Waals surface area contributed by atoms with Gasteiger partial charge in [-0.2, -0.15) is 15.0 Å². The van der Waals surface area contributed by atoms with Gasteiger partial charge in [-0.25, -0.2) is 9.97 Å². The Morgan fingerprint density at radius 3 is 2.13 bits per heavy atom. The molecule has 0 radical (unpaired) electrons. The number of imidazole rings is 1. The monoisotopic (exact) mass is 611 g/mol. The van der Waals surface area contributed by atoms with Gasteiger partial charge in [-0.05, 0) is 34.7 Å². The van der Waals surface area contributed by atoms with Crippen LogP contribution < -0.4 is 37.3 Å². The first kappa shape index (κ1) is 30.6. The Morgan fingerprint density at radius 2 is 1.44 bits per heavy atom. The summed E-state index contributed by atoms with van der Waals surface area (Å²) in [4.78, 5) is 48.1. The average Bonchev–Trinajstić information content (AvgIpc) is 3.52. The van der Waals surface area contributed by atoms with Crippen molar-refractivity contribution in [3.8, 4) is 11.9 Å². The molecule has 0 saturated heterocycles. The Kier molecular flexibility index (Phi) is 9.91. The van der Waals surface area contributed by atoms with Crippen LogP contribution in [0, 0.1) is 0 Å². The number of anilines is 2. The largest absolute Gasteiger partial charge is 0.471 e. The highest BCUT2D eigenvalue weighted by molar-refractivity contribution is 5.83. The van der Waals surface area contributed by atoms with E-state index in [1.54, 1.807) is 6.07 Å². The first-order valence-electron chi connectivity index (χ1n) is 14.1. The van der Waals surface area contributed by atoms with E-state index in [0.717, 1.165) is 22.3 Å². The van der Waals surface area contributed by atoms with Gasteiger partial charge in [0, 0.05) is 25.7 Å². The van der Waals surface area contributed by atoms with Crippen molar-refractivity contribution >= 4 is 34.7 Å². The molecule has 3 heterocycles. The van der Waals surface area contributed by atoms with E-state index in [1.807, 2.05) is 48.5 Å². The second kappa shape index (κ2) is 14.6. The van der Waals surface area contributed by atoms with Gasteiger partial charge in [0.25, 0.3) is 0 Å². The Bertz CT molecular complexity index is 1740. The molecule has 15 nitrogen and oxygen atoms in total. The van der Waals surface area contributed by atoms with Gasteiger partial charge in [0.2, 0.25) is 23.6 Å². The van der Waals surface area contributed by atoms with Crippen LogP contribution in [0.3, 0.4) is 0 Å². The topological polar surface area (TPSA) is 235 Å². The maximum Gasteiger partial charge on any atom is 0.318 e. The molecule has 0 saturated carbocycles. The third-order valence-corrected chi connectivity index (χ3v) is 6.68. The zero-order chi connectivity index (χ0) is 31.6. The summed E-state index contributed by atoms with van der Waals surface area (Å²) in [5, 5.41) is 5.67. The zero-order valence-corrected chi connectivity index (χ0v) is 24.3. The van der Waals surface area contributed by atoms with Gasteiger partial charge in [0.15, 0.2) is 11.2 Å². The van der Waals surface area contributed by atoms with Crippen LogP contribution in [-0.2, 0) is 35.9 Å². The summed E-state index contributed by atoms with van der Waals surface area (Å²) in [7, 11) is 0. The van der Waals surface area contributed by atoms with Crippen LogP contribution in [0.15, 0.2) is 67.1 Å². The second-order valence-corrected chi connectivity index (χ2v) is 10.1. The van der Waals surface area contributed by atoms with Gasteiger partial charge in [-0.3, -0.25) is 9.59 Å².